The molecule has 12 heteroatoms. The van der Waals surface area contributed by atoms with Crippen molar-refractivity contribution < 1.29 is 14.6 Å². The molecule has 2 aromatic heterocycles. The van der Waals surface area contributed by atoms with Gasteiger partial charge in [0, 0.05) is 17.5 Å². The lowest BCUT2D eigenvalue weighted by atomic mass is 10.1. The summed E-state index contributed by atoms with van der Waals surface area (Å²) >= 11 is 0. The van der Waals surface area contributed by atoms with Crippen LogP contribution in [0.5, 0.6) is 0 Å². The van der Waals surface area contributed by atoms with Gasteiger partial charge < -0.3 is 5.32 Å². The van der Waals surface area contributed by atoms with Crippen LogP contribution in [0, 0.1) is 45.4 Å². The number of carbonyl (C=O) groups excluding carboxylic acids is 1. The fraction of sp³-hybridized carbons (Fsp3) is 0.0909. The van der Waals surface area contributed by atoms with Crippen LogP contribution in [-0.2, 0) is 0 Å². The van der Waals surface area contributed by atoms with Crippen molar-refractivity contribution in [3.8, 4) is 11.9 Å². The van der Waals surface area contributed by atoms with Crippen LogP contribution in [-0.4, -0.2) is 30.5 Å². The maximum atomic E-state index is 13.0. The highest BCUT2D eigenvalue weighted by molar-refractivity contribution is 6.05. The molecule has 4 rings (SSSR count). The number of nitriles is 1. The first kappa shape index (κ1) is 22.0. The summed E-state index contributed by atoms with van der Waals surface area (Å²) in [7, 11) is 0. The van der Waals surface area contributed by atoms with Gasteiger partial charge >= 0.3 is 0 Å². The maximum absolute atomic E-state index is 13.0. The lowest BCUT2D eigenvalue weighted by Gasteiger charge is -2.11. The van der Waals surface area contributed by atoms with Gasteiger partial charge in [0.1, 0.15) is 17.2 Å². The second kappa shape index (κ2) is 8.40. The number of nitro benzene ring substituents is 2. The van der Waals surface area contributed by atoms with Crippen molar-refractivity contribution in [1.82, 2.24) is 14.8 Å². The quantitative estimate of drug-likeness (QED) is 0.346. The molecule has 1 amide bonds. The van der Waals surface area contributed by atoms with Gasteiger partial charge in [-0.3, -0.25) is 25.0 Å². The van der Waals surface area contributed by atoms with E-state index in [1.807, 2.05) is 37.3 Å². The molecule has 0 unspecified atom stereocenters. The van der Waals surface area contributed by atoms with Gasteiger partial charge in [0.05, 0.1) is 27.1 Å². The monoisotopic (exact) mass is 457 g/mol. The molecule has 168 valence electrons. The van der Waals surface area contributed by atoms with Crippen molar-refractivity contribution in [3.63, 3.8) is 0 Å². The highest BCUT2D eigenvalue weighted by atomic mass is 16.6. The lowest BCUT2D eigenvalue weighted by molar-refractivity contribution is -0.395. The molecule has 4 aromatic rings. The van der Waals surface area contributed by atoms with Crippen molar-refractivity contribution in [2.24, 2.45) is 0 Å². The number of pyridine rings is 1. The number of para-hydroxylation sites is 1. The number of benzene rings is 2. The van der Waals surface area contributed by atoms with Crippen molar-refractivity contribution in [1.29, 1.82) is 5.26 Å². The largest absolute Gasteiger partial charge is 0.305 e. The number of nitro groups is 2. The van der Waals surface area contributed by atoms with Crippen molar-refractivity contribution in [2.75, 3.05) is 5.32 Å². The van der Waals surface area contributed by atoms with Gasteiger partial charge in [0.2, 0.25) is 0 Å². The predicted molar refractivity (Wildman–Crippen MR) is 121 cm³/mol. The third kappa shape index (κ3) is 3.78. The maximum Gasteiger partial charge on any atom is 0.279 e. The summed E-state index contributed by atoms with van der Waals surface area (Å²) in [5.74, 6) is -0.587. The van der Waals surface area contributed by atoms with E-state index in [4.69, 9.17) is 0 Å². The molecule has 0 fully saturated rings. The average Bonchev–Trinajstić information content (AvgIpc) is 3.21. The molecule has 0 atom stereocenters. The number of hydrogen-bond donors (Lipinski definition) is 1. The Hall–Kier alpha value is -5.18. The van der Waals surface area contributed by atoms with Crippen LogP contribution in [0.2, 0.25) is 0 Å². The van der Waals surface area contributed by atoms with Crippen LogP contribution >= 0.6 is 0 Å². The number of nitrogens with one attached hydrogen (secondary N) is 1. The van der Waals surface area contributed by atoms with E-state index in [0.29, 0.717) is 11.3 Å². The number of hydrogen-bond acceptors (Lipinski definition) is 8. The summed E-state index contributed by atoms with van der Waals surface area (Å²) in [4.78, 5) is 38.6. The van der Waals surface area contributed by atoms with E-state index in [1.54, 1.807) is 6.07 Å². The van der Waals surface area contributed by atoms with Crippen LogP contribution in [0.4, 0.5) is 17.2 Å². The lowest BCUT2D eigenvalue weighted by Crippen LogP contribution is -2.17. The van der Waals surface area contributed by atoms with Crippen LogP contribution in [0.25, 0.3) is 16.7 Å². The third-order valence-corrected chi connectivity index (χ3v) is 5.26. The Morgan fingerprint density at radius 3 is 2.35 bits per heavy atom. The highest BCUT2D eigenvalue weighted by Crippen LogP contribution is 2.30. The molecule has 0 saturated carbocycles. The van der Waals surface area contributed by atoms with Gasteiger partial charge in [0.15, 0.2) is 11.6 Å². The van der Waals surface area contributed by atoms with E-state index in [2.05, 4.69) is 15.4 Å². The van der Waals surface area contributed by atoms with E-state index in [0.717, 1.165) is 23.1 Å². The van der Waals surface area contributed by atoms with E-state index >= 15 is 0 Å². The summed E-state index contributed by atoms with van der Waals surface area (Å²) in [6, 6.07) is 13.0. The number of amides is 1. The van der Waals surface area contributed by atoms with Crippen molar-refractivity contribution >= 4 is 34.0 Å². The standard InChI is InChI=1S/C22H15N7O5/c1-12-7-20(25-17-6-4-3-5-16(12)17)27-21(15(10-23)11-24-27)26-22(30)14-8-18(28(31)32)13(2)19(9-14)29(33)34/h3-9,11H,1-2H3,(H,26,30). The normalized spacial score (nSPS) is 10.6. The Bertz CT molecular complexity index is 1520. The number of aryl methyl sites for hydroxylation is 1. The molecular formula is C22H15N7O5. The van der Waals surface area contributed by atoms with Crippen LogP contribution < -0.4 is 5.32 Å². The molecule has 0 spiro atoms. The summed E-state index contributed by atoms with van der Waals surface area (Å²) in [5.41, 5.74) is -0.0592. The van der Waals surface area contributed by atoms with Crippen LogP contribution in [0.1, 0.15) is 27.0 Å². The van der Waals surface area contributed by atoms with Gasteiger partial charge in [-0.2, -0.15) is 15.0 Å². The zero-order valence-corrected chi connectivity index (χ0v) is 17.8. The SMILES string of the molecule is Cc1c([N+](=O)[O-])cc(C(=O)Nc2c(C#N)cnn2-c2cc(C)c3ccccc3n2)cc1[N+](=O)[O-]. The van der Waals surface area contributed by atoms with E-state index in [-0.39, 0.29) is 22.5 Å². The minimum atomic E-state index is -0.887. The minimum Gasteiger partial charge on any atom is -0.305 e. The van der Waals surface area contributed by atoms with Crippen molar-refractivity contribution in [2.45, 2.75) is 13.8 Å². The number of aromatic nitrogens is 3. The average molecular weight is 457 g/mol. The topological polar surface area (TPSA) is 170 Å². The molecule has 2 heterocycles. The van der Waals surface area contributed by atoms with E-state index < -0.39 is 27.1 Å². The second-order valence-corrected chi connectivity index (χ2v) is 7.35. The smallest absolute Gasteiger partial charge is 0.279 e. The molecule has 0 saturated heterocycles. The fourth-order valence-electron chi connectivity index (χ4n) is 3.54. The predicted octanol–water partition coefficient (Wildman–Crippen LogP) is 3.98. The summed E-state index contributed by atoms with van der Waals surface area (Å²) in [6.45, 7) is 3.11. The summed E-state index contributed by atoms with van der Waals surface area (Å²) < 4.78 is 1.26. The number of rotatable bonds is 5. The number of nitrogens with zero attached hydrogens (tertiary/aromatic N) is 6. The molecule has 0 aliphatic carbocycles. The van der Waals surface area contributed by atoms with Crippen LogP contribution in [0.15, 0.2) is 48.7 Å². The molecule has 34 heavy (non-hydrogen) atoms. The first-order valence-corrected chi connectivity index (χ1v) is 9.81. The van der Waals surface area contributed by atoms with E-state index in [9.17, 15) is 30.3 Å². The van der Waals surface area contributed by atoms with Gasteiger partial charge in [-0.15, -0.1) is 0 Å². The molecule has 2 aromatic carbocycles. The Balaban J connectivity index is 1.80. The highest BCUT2D eigenvalue weighted by Gasteiger charge is 2.26. The molecule has 0 aliphatic heterocycles. The molecule has 12 nitrogen and oxygen atoms in total. The fourth-order valence-corrected chi connectivity index (χ4v) is 3.54. The Morgan fingerprint density at radius 1 is 1.09 bits per heavy atom. The first-order chi connectivity index (χ1) is 16.2. The molecule has 0 bridgehead atoms. The summed E-state index contributed by atoms with van der Waals surface area (Å²) in [5, 5.41) is 39.8. The number of anilines is 1. The van der Waals surface area contributed by atoms with E-state index in [1.165, 1.54) is 17.8 Å². The molecular weight excluding hydrogens is 442 g/mol. The first-order valence-electron chi connectivity index (χ1n) is 9.81. The third-order valence-electron chi connectivity index (χ3n) is 5.26. The molecule has 0 radical (unpaired) electrons. The van der Waals surface area contributed by atoms with Gasteiger partial charge in [-0.25, -0.2) is 4.98 Å². The molecule has 1 N–H and O–H groups in total. The Labute approximate surface area is 191 Å². The molecule has 0 aliphatic rings. The zero-order valence-electron chi connectivity index (χ0n) is 17.8. The Morgan fingerprint density at radius 2 is 1.74 bits per heavy atom. The van der Waals surface area contributed by atoms with Gasteiger partial charge in [0.25, 0.3) is 17.3 Å². The zero-order chi connectivity index (χ0) is 24.6. The Kier molecular flexibility index (Phi) is 5.44. The van der Waals surface area contributed by atoms with Gasteiger partial charge in [-0.05, 0) is 31.5 Å². The van der Waals surface area contributed by atoms with Crippen LogP contribution in [0.3, 0.4) is 0 Å². The van der Waals surface area contributed by atoms with Gasteiger partial charge in [-0.1, -0.05) is 18.2 Å². The van der Waals surface area contributed by atoms with Crippen molar-refractivity contribution in [3.05, 3.63) is 91.1 Å². The number of fused-ring (bicyclic) bond motifs is 1. The minimum absolute atomic E-state index is 0.0112. The summed E-state index contributed by atoms with van der Waals surface area (Å²) in [6.07, 6.45) is 1.24. The number of carbonyl (C=O) groups is 1. The second-order valence-electron chi connectivity index (χ2n) is 7.35.